The number of hydrogen-bond acceptors (Lipinski definition) is 2. The molecule has 0 saturated carbocycles. The zero-order chi connectivity index (χ0) is 12.9. The van der Waals surface area contributed by atoms with Gasteiger partial charge in [0.1, 0.15) is 11.5 Å². The van der Waals surface area contributed by atoms with Crippen molar-refractivity contribution in [2.75, 3.05) is 14.2 Å². The van der Waals surface area contributed by atoms with Crippen molar-refractivity contribution in [1.82, 2.24) is 0 Å². The van der Waals surface area contributed by atoms with E-state index in [2.05, 4.69) is 23.1 Å². The van der Waals surface area contributed by atoms with Crippen LogP contribution >= 0.6 is 9.24 Å². The SMILES string of the molecule is CCCC(P)(CC)c1c(OC)cccc1OC. The van der Waals surface area contributed by atoms with Gasteiger partial charge in [-0.25, -0.2) is 0 Å². The third-order valence-electron chi connectivity index (χ3n) is 3.25. The minimum Gasteiger partial charge on any atom is -0.496 e. The van der Waals surface area contributed by atoms with E-state index in [1.165, 1.54) is 5.56 Å². The summed E-state index contributed by atoms with van der Waals surface area (Å²) in [5.74, 6) is 1.82. The van der Waals surface area contributed by atoms with Crippen LogP contribution in [0.15, 0.2) is 18.2 Å². The molecule has 0 aliphatic carbocycles. The lowest BCUT2D eigenvalue weighted by atomic mass is 9.89. The van der Waals surface area contributed by atoms with Crippen LogP contribution in [0.3, 0.4) is 0 Å². The molecule has 3 heteroatoms. The molecule has 0 radical (unpaired) electrons. The lowest BCUT2D eigenvalue weighted by Gasteiger charge is -2.31. The third kappa shape index (κ3) is 2.93. The Morgan fingerprint density at radius 1 is 1.12 bits per heavy atom. The maximum Gasteiger partial charge on any atom is 0.126 e. The molecule has 2 atom stereocenters. The minimum absolute atomic E-state index is 0.0344. The molecule has 0 fully saturated rings. The van der Waals surface area contributed by atoms with Gasteiger partial charge in [0.15, 0.2) is 0 Å². The van der Waals surface area contributed by atoms with Gasteiger partial charge in [0.05, 0.1) is 14.2 Å². The van der Waals surface area contributed by atoms with Gasteiger partial charge in [-0.1, -0.05) is 26.3 Å². The molecule has 0 aromatic heterocycles. The maximum atomic E-state index is 5.49. The second kappa shape index (κ2) is 6.26. The number of hydrogen-bond donors (Lipinski definition) is 0. The van der Waals surface area contributed by atoms with Crippen molar-refractivity contribution in [1.29, 1.82) is 0 Å². The quantitative estimate of drug-likeness (QED) is 0.715. The second-order valence-electron chi connectivity index (χ2n) is 4.30. The lowest BCUT2D eigenvalue weighted by Crippen LogP contribution is -2.18. The Balaban J connectivity index is 3.33. The molecule has 0 bridgehead atoms. The Bertz CT molecular complexity index is 343. The van der Waals surface area contributed by atoms with Crippen LogP contribution in [0.25, 0.3) is 0 Å². The zero-order valence-electron chi connectivity index (χ0n) is 11.2. The molecule has 1 aromatic carbocycles. The van der Waals surface area contributed by atoms with Gasteiger partial charge in [0.25, 0.3) is 0 Å². The molecule has 0 N–H and O–H groups in total. The average molecular weight is 254 g/mol. The monoisotopic (exact) mass is 254 g/mol. The van der Waals surface area contributed by atoms with Gasteiger partial charge in [-0.15, -0.1) is 9.24 Å². The van der Waals surface area contributed by atoms with Crippen molar-refractivity contribution in [3.8, 4) is 11.5 Å². The summed E-state index contributed by atoms with van der Waals surface area (Å²) in [5.41, 5.74) is 1.17. The first-order chi connectivity index (χ1) is 8.12. The van der Waals surface area contributed by atoms with Crippen LogP contribution < -0.4 is 9.47 Å². The van der Waals surface area contributed by atoms with Gasteiger partial charge < -0.3 is 9.47 Å². The van der Waals surface area contributed by atoms with Crippen molar-refractivity contribution >= 4 is 9.24 Å². The summed E-state index contributed by atoms with van der Waals surface area (Å²) < 4.78 is 11.0. The van der Waals surface area contributed by atoms with Crippen LogP contribution in [-0.2, 0) is 5.16 Å². The Morgan fingerprint density at radius 2 is 1.65 bits per heavy atom. The van der Waals surface area contributed by atoms with E-state index in [4.69, 9.17) is 9.47 Å². The Kier molecular flexibility index (Phi) is 5.27. The highest BCUT2D eigenvalue weighted by atomic mass is 31.0. The molecule has 0 spiro atoms. The van der Waals surface area contributed by atoms with Crippen LogP contribution in [0.4, 0.5) is 0 Å². The molecule has 0 saturated heterocycles. The lowest BCUT2D eigenvalue weighted by molar-refractivity contribution is 0.367. The second-order valence-corrected chi connectivity index (χ2v) is 5.40. The predicted octanol–water partition coefficient (Wildman–Crippen LogP) is 3.98. The van der Waals surface area contributed by atoms with E-state index in [9.17, 15) is 0 Å². The van der Waals surface area contributed by atoms with E-state index < -0.39 is 0 Å². The topological polar surface area (TPSA) is 18.5 Å². The number of benzene rings is 1. The normalized spacial score (nSPS) is 14.2. The highest BCUT2D eigenvalue weighted by Gasteiger charge is 2.30. The van der Waals surface area contributed by atoms with E-state index in [-0.39, 0.29) is 5.16 Å². The highest BCUT2D eigenvalue weighted by Crippen LogP contribution is 2.48. The van der Waals surface area contributed by atoms with E-state index in [1.54, 1.807) is 14.2 Å². The standard InChI is InChI=1S/C14H23O2P/c1-5-10-14(17,6-2)13-11(15-3)8-7-9-12(13)16-4/h7-9H,5-6,10,17H2,1-4H3. The van der Waals surface area contributed by atoms with Crippen LogP contribution in [0.2, 0.25) is 0 Å². The first-order valence-corrected chi connectivity index (χ1v) is 6.71. The van der Waals surface area contributed by atoms with Gasteiger partial charge in [0, 0.05) is 10.7 Å². The van der Waals surface area contributed by atoms with E-state index in [0.29, 0.717) is 0 Å². The van der Waals surface area contributed by atoms with Gasteiger partial charge >= 0.3 is 0 Å². The fourth-order valence-electron chi connectivity index (χ4n) is 2.27. The van der Waals surface area contributed by atoms with Crippen molar-refractivity contribution in [2.45, 2.75) is 38.3 Å². The van der Waals surface area contributed by atoms with Gasteiger partial charge in [-0.05, 0) is 25.0 Å². The summed E-state index contributed by atoms with van der Waals surface area (Å²) in [6.45, 7) is 4.41. The molecule has 2 nitrogen and oxygen atoms in total. The molecule has 2 unspecified atom stereocenters. The third-order valence-corrected chi connectivity index (χ3v) is 4.24. The fourth-order valence-corrected chi connectivity index (χ4v) is 2.84. The maximum absolute atomic E-state index is 5.49. The van der Waals surface area contributed by atoms with Gasteiger partial charge in [0.2, 0.25) is 0 Å². The smallest absolute Gasteiger partial charge is 0.126 e. The van der Waals surface area contributed by atoms with E-state index >= 15 is 0 Å². The number of ether oxygens (including phenoxy) is 2. The molecular weight excluding hydrogens is 231 g/mol. The molecule has 0 amide bonds. The van der Waals surface area contributed by atoms with Crippen molar-refractivity contribution in [3.63, 3.8) is 0 Å². The fraction of sp³-hybridized carbons (Fsp3) is 0.571. The minimum atomic E-state index is 0.0344. The van der Waals surface area contributed by atoms with Crippen LogP contribution in [-0.4, -0.2) is 14.2 Å². The number of methoxy groups -OCH3 is 2. The predicted molar refractivity (Wildman–Crippen MR) is 76.1 cm³/mol. The zero-order valence-corrected chi connectivity index (χ0v) is 12.4. The first kappa shape index (κ1) is 14.3. The molecule has 0 heterocycles. The molecule has 1 aromatic rings. The highest BCUT2D eigenvalue weighted by molar-refractivity contribution is 7.18. The molecule has 0 aliphatic heterocycles. The van der Waals surface area contributed by atoms with Crippen molar-refractivity contribution in [2.24, 2.45) is 0 Å². The van der Waals surface area contributed by atoms with E-state index in [0.717, 1.165) is 30.8 Å². The molecule has 1 rings (SSSR count). The Labute approximate surface area is 107 Å². The molecule has 96 valence electrons. The molecular formula is C14H23O2P. The first-order valence-electron chi connectivity index (χ1n) is 6.13. The molecule has 17 heavy (non-hydrogen) atoms. The summed E-state index contributed by atoms with van der Waals surface area (Å²) in [6, 6.07) is 5.97. The Morgan fingerprint density at radius 3 is 2.00 bits per heavy atom. The summed E-state index contributed by atoms with van der Waals surface area (Å²) >= 11 is 0. The van der Waals surface area contributed by atoms with Gasteiger partial charge in [-0.2, -0.15) is 0 Å². The summed E-state index contributed by atoms with van der Waals surface area (Å²) in [7, 11) is 6.42. The van der Waals surface area contributed by atoms with Crippen LogP contribution in [0, 0.1) is 0 Å². The summed E-state index contributed by atoms with van der Waals surface area (Å²) in [5, 5.41) is 0.0344. The van der Waals surface area contributed by atoms with E-state index in [1.807, 2.05) is 18.2 Å². The Hall–Kier alpha value is -0.750. The molecule has 0 aliphatic rings. The summed E-state index contributed by atoms with van der Waals surface area (Å²) in [4.78, 5) is 0. The average Bonchev–Trinajstić information content (AvgIpc) is 2.37. The largest absolute Gasteiger partial charge is 0.496 e. The van der Waals surface area contributed by atoms with Crippen LogP contribution in [0.1, 0.15) is 38.7 Å². The summed E-state index contributed by atoms with van der Waals surface area (Å²) in [6.07, 6.45) is 3.28. The van der Waals surface area contributed by atoms with Crippen molar-refractivity contribution < 1.29 is 9.47 Å². The van der Waals surface area contributed by atoms with Crippen LogP contribution in [0.5, 0.6) is 11.5 Å². The van der Waals surface area contributed by atoms with Gasteiger partial charge in [-0.3, -0.25) is 0 Å². The van der Waals surface area contributed by atoms with Crippen molar-refractivity contribution in [3.05, 3.63) is 23.8 Å². The number of rotatable bonds is 6.